The van der Waals surface area contributed by atoms with Gasteiger partial charge in [-0.15, -0.1) is 10.2 Å². The van der Waals surface area contributed by atoms with Gasteiger partial charge in [0.2, 0.25) is 5.91 Å². The third kappa shape index (κ3) is 6.67. The minimum absolute atomic E-state index is 0.160. The summed E-state index contributed by atoms with van der Waals surface area (Å²) < 4.78 is 7.55. The second-order valence-corrected chi connectivity index (χ2v) is 8.99. The molecule has 3 aromatic rings. The zero-order chi connectivity index (χ0) is 22.4. The van der Waals surface area contributed by atoms with Crippen molar-refractivity contribution in [2.45, 2.75) is 18.0 Å². The lowest BCUT2D eigenvalue weighted by molar-refractivity contribution is -0.113. The Morgan fingerprint density at radius 2 is 1.94 bits per heavy atom. The van der Waals surface area contributed by atoms with Gasteiger partial charge in [0.1, 0.15) is 11.6 Å². The molecule has 0 atom stereocenters. The van der Waals surface area contributed by atoms with Crippen molar-refractivity contribution >= 4 is 69.8 Å². The number of carbonyl (C=O) groups excluding carboxylic acids is 1. The normalized spacial score (nSPS) is 10.9. The fourth-order valence-corrected chi connectivity index (χ4v) is 4.15. The van der Waals surface area contributed by atoms with Gasteiger partial charge < -0.3 is 14.6 Å². The Morgan fingerprint density at radius 1 is 1.13 bits per heavy atom. The van der Waals surface area contributed by atoms with Crippen molar-refractivity contribution in [1.82, 2.24) is 14.8 Å². The average molecular weight is 520 g/mol. The first kappa shape index (κ1) is 24.0. The van der Waals surface area contributed by atoms with E-state index in [-0.39, 0.29) is 11.7 Å². The molecular formula is C20H18Cl4N4O2S. The van der Waals surface area contributed by atoms with Gasteiger partial charge in [0, 0.05) is 18.5 Å². The number of thioether (sulfide) groups is 1. The van der Waals surface area contributed by atoms with Gasteiger partial charge in [0.05, 0.1) is 33.1 Å². The van der Waals surface area contributed by atoms with Crippen LogP contribution in [-0.2, 0) is 18.3 Å². The van der Waals surface area contributed by atoms with Gasteiger partial charge in [-0.05, 0) is 36.8 Å². The first-order valence-corrected chi connectivity index (χ1v) is 11.7. The van der Waals surface area contributed by atoms with E-state index in [1.807, 2.05) is 11.6 Å². The molecule has 0 bridgehead atoms. The highest BCUT2D eigenvalue weighted by Crippen LogP contribution is 2.30. The molecule has 1 amide bonds. The van der Waals surface area contributed by atoms with Gasteiger partial charge in [-0.3, -0.25) is 4.79 Å². The highest BCUT2D eigenvalue weighted by atomic mass is 35.5. The summed E-state index contributed by atoms with van der Waals surface area (Å²) in [7, 11) is 1.86. The fraction of sp³-hybridized carbons (Fsp3) is 0.250. The number of benzene rings is 2. The van der Waals surface area contributed by atoms with Gasteiger partial charge >= 0.3 is 0 Å². The molecule has 0 fully saturated rings. The summed E-state index contributed by atoms with van der Waals surface area (Å²) in [5.41, 5.74) is 0.471. The van der Waals surface area contributed by atoms with Gasteiger partial charge in [-0.1, -0.05) is 64.2 Å². The summed E-state index contributed by atoms with van der Waals surface area (Å²) in [6, 6.07) is 10.2. The number of anilines is 1. The summed E-state index contributed by atoms with van der Waals surface area (Å²) in [6.07, 6.45) is 1.39. The number of hydrogen-bond donors (Lipinski definition) is 1. The van der Waals surface area contributed by atoms with Crippen LogP contribution in [0.2, 0.25) is 20.1 Å². The fourth-order valence-electron chi connectivity index (χ4n) is 2.61. The SMILES string of the molecule is Cn1c(CCCOc2ccc(Cl)cc2Cl)nnc1SCC(=O)Nc1cccc(Cl)c1Cl. The third-order valence-electron chi connectivity index (χ3n) is 4.18. The number of hydrogen-bond acceptors (Lipinski definition) is 5. The van der Waals surface area contributed by atoms with Crippen LogP contribution in [0.15, 0.2) is 41.6 Å². The molecule has 1 heterocycles. The monoisotopic (exact) mass is 518 g/mol. The van der Waals surface area contributed by atoms with Crippen molar-refractivity contribution in [3.8, 4) is 5.75 Å². The molecule has 11 heteroatoms. The van der Waals surface area contributed by atoms with Gasteiger partial charge in [0.25, 0.3) is 0 Å². The van der Waals surface area contributed by atoms with Crippen LogP contribution < -0.4 is 10.1 Å². The van der Waals surface area contributed by atoms with Crippen molar-refractivity contribution in [3.05, 3.63) is 62.3 Å². The van der Waals surface area contributed by atoms with E-state index in [0.717, 1.165) is 12.2 Å². The average Bonchev–Trinajstić information content (AvgIpc) is 3.08. The summed E-state index contributed by atoms with van der Waals surface area (Å²) in [6.45, 7) is 0.472. The number of carbonyl (C=O) groups is 1. The van der Waals surface area contributed by atoms with E-state index in [9.17, 15) is 4.79 Å². The number of aryl methyl sites for hydroxylation is 1. The molecule has 3 rings (SSSR count). The van der Waals surface area contributed by atoms with Crippen LogP contribution in [0.1, 0.15) is 12.2 Å². The van der Waals surface area contributed by atoms with Crippen molar-refractivity contribution in [3.63, 3.8) is 0 Å². The Bertz CT molecular complexity index is 1080. The lowest BCUT2D eigenvalue weighted by Gasteiger charge is -2.09. The maximum atomic E-state index is 12.2. The summed E-state index contributed by atoms with van der Waals surface area (Å²) in [4.78, 5) is 12.2. The van der Waals surface area contributed by atoms with Gasteiger partial charge in [-0.25, -0.2) is 0 Å². The highest BCUT2D eigenvalue weighted by molar-refractivity contribution is 7.99. The molecule has 0 aliphatic rings. The Kier molecular flexibility index (Phi) is 8.75. The van der Waals surface area contributed by atoms with Crippen LogP contribution in [-0.4, -0.2) is 33.0 Å². The molecule has 0 radical (unpaired) electrons. The topological polar surface area (TPSA) is 69.0 Å². The Morgan fingerprint density at radius 3 is 2.71 bits per heavy atom. The molecule has 31 heavy (non-hydrogen) atoms. The Hall–Kier alpha value is -1.64. The van der Waals surface area contributed by atoms with E-state index in [1.54, 1.807) is 36.4 Å². The minimum Gasteiger partial charge on any atom is -0.492 e. The maximum absolute atomic E-state index is 12.2. The number of aromatic nitrogens is 3. The summed E-state index contributed by atoms with van der Waals surface area (Å²) in [5.74, 6) is 1.33. The molecule has 6 nitrogen and oxygen atoms in total. The maximum Gasteiger partial charge on any atom is 0.234 e. The molecule has 1 aromatic heterocycles. The van der Waals surface area contributed by atoms with Crippen LogP contribution in [0.5, 0.6) is 5.75 Å². The smallest absolute Gasteiger partial charge is 0.234 e. The predicted molar refractivity (Wildman–Crippen MR) is 127 cm³/mol. The Labute approximate surface area is 204 Å². The highest BCUT2D eigenvalue weighted by Gasteiger charge is 2.13. The number of halogens is 4. The van der Waals surface area contributed by atoms with E-state index in [4.69, 9.17) is 51.1 Å². The molecule has 1 N–H and O–H groups in total. The first-order valence-electron chi connectivity index (χ1n) is 9.18. The van der Waals surface area contributed by atoms with Crippen LogP contribution in [0.3, 0.4) is 0 Å². The lowest BCUT2D eigenvalue weighted by atomic mass is 10.3. The van der Waals surface area contributed by atoms with E-state index >= 15 is 0 Å². The standard InChI is InChI=1S/C20H18Cl4N4O2S/c1-28-17(6-3-9-30-16-8-7-12(21)10-14(16)23)26-27-20(28)31-11-18(29)25-15-5-2-4-13(22)19(15)24/h2,4-5,7-8,10H,3,6,9,11H2,1H3,(H,25,29). The quantitative estimate of drug-likeness (QED) is 0.270. The molecule has 2 aromatic carbocycles. The second kappa shape index (κ2) is 11.3. The molecule has 0 aliphatic heterocycles. The van der Waals surface area contributed by atoms with Crippen molar-refractivity contribution in [2.24, 2.45) is 7.05 Å². The number of ether oxygens (including phenoxy) is 1. The zero-order valence-electron chi connectivity index (χ0n) is 16.4. The van der Waals surface area contributed by atoms with Crippen LogP contribution in [0, 0.1) is 0 Å². The largest absolute Gasteiger partial charge is 0.492 e. The van der Waals surface area contributed by atoms with Crippen LogP contribution in [0.25, 0.3) is 0 Å². The van der Waals surface area contributed by atoms with Crippen molar-refractivity contribution in [1.29, 1.82) is 0 Å². The van der Waals surface area contributed by atoms with Crippen molar-refractivity contribution < 1.29 is 9.53 Å². The van der Waals surface area contributed by atoms with E-state index in [1.165, 1.54) is 11.8 Å². The summed E-state index contributed by atoms with van der Waals surface area (Å²) >= 11 is 25.3. The number of rotatable bonds is 9. The number of nitrogens with one attached hydrogen (secondary N) is 1. The van der Waals surface area contributed by atoms with E-state index in [0.29, 0.717) is 49.7 Å². The zero-order valence-corrected chi connectivity index (χ0v) is 20.2. The number of amides is 1. The molecule has 0 saturated carbocycles. The van der Waals surface area contributed by atoms with Gasteiger partial charge in [0.15, 0.2) is 5.16 Å². The molecule has 0 aliphatic carbocycles. The molecular weight excluding hydrogens is 502 g/mol. The van der Waals surface area contributed by atoms with Crippen LogP contribution >= 0.6 is 58.2 Å². The van der Waals surface area contributed by atoms with E-state index in [2.05, 4.69) is 15.5 Å². The van der Waals surface area contributed by atoms with Crippen molar-refractivity contribution in [2.75, 3.05) is 17.7 Å². The molecule has 0 saturated heterocycles. The molecule has 0 unspecified atom stereocenters. The molecule has 0 spiro atoms. The minimum atomic E-state index is -0.216. The van der Waals surface area contributed by atoms with Crippen LogP contribution in [0.4, 0.5) is 5.69 Å². The number of nitrogens with zero attached hydrogens (tertiary/aromatic N) is 3. The Balaban J connectivity index is 1.46. The third-order valence-corrected chi connectivity index (χ3v) is 6.55. The summed E-state index contributed by atoms with van der Waals surface area (Å²) in [5, 5.41) is 13.5. The first-order chi connectivity index (χ1) is 14.8. The lowest BCUT2D eigenvalue weighted by Crippen LogP contribution is -2.15. The van der Waals surface area contributed by atoms with E-state index < -0.39 is 0 Å². The molecule has 164 valence electrons. The second-order valence-electron chi connectivity index (χ2n) is 6.42. The predicted octanol–water partition coefficient (Wildman–Crippen LogP) is 6.17. The van der Waals surface area contributed by atoms with Gasteiger partial charge in [-0.2, -0.15) is 0 Å².